The fraction of sp³-hybridized carbons (Fsp3) is 0.904. The maximum Gasteiger partial charge on any atom is 0.472 e. The summed E-state index contributed by atoms with van der Waals surface area (Å²) in [4.78, 5) is 73.0. The molecular weight excluding hydrogens is 1330 g/mol. The van der Waals surface area contributed by atoms with Gasteiger partial charge in [-0.1, -0.05) is 367 Å². The molecule has 0 heterocycles. The second-order valence-electron chi connectivity index (χ2n) is 29.7. The highest BCUT2D eigenvalue weighted by Gasteiger charge is 2.30. The minimum absolute atomic E-state index is 0.102. The Labute approximate surface area is 624 Å². The Morgan fingerprint density at radius 2 is 0.529 bits per heavy atom. The van der Waals surface area contributed by atoms with Crippen molar-refractivity contribution in [1.82, 2.24) is 0 Å². The Morgan fingerprint density at radius 3 is 0.804 bits per heavy atom. The van der Waals surface area contributed by atoms with E-state index in [-0.39, 0.29) is 25.7 Å². The van der Waals surface area contributed by atoms with E-state index in [9.17, 15) is 43.2 Å². The maximum absolute atomic E-state index is 13.1. The quantitative estimate of drug-likeness (QED) is 0.0169. The van der Waals surface area contributed by atoms with Crippen molar-refractivity contribution < 1.29 is 80.2 Å². The largest absolute Gasteiger partial charge is 0.472 e. The number of phosphoric ester groups is 2. The van der Waals surface area contributed by atoms with Crippen molar-refractivity contribution in [2.75, 3.05) is 39.6 Å². The van der Waals surface area contributed by atoms with Gasteiger partial charge >= 0.3 is 39.5 Å². The first kappa shape index (κ1) is 99.5. The van der Waals surface area contributed by atoms with Crippen LogP contribution in [0.25, 0.3) is 0 Å². The fourth-order valence-electron chi connectivity index (χ4n) is 12.4. The van der Waals surface area contributed by atoms with Crippen molar-refractivity contribution in [3.05, 3.63) is 24.3 Å². The number of allylic oxidation sites excluding steroid dienone is 4. The standard InChI is InChI=1S/C83H158O17P2/c1-6-9-12-15-18-21-24-27-30-31-32-33-34-35-36-39-42-45-48-53-59-64-69-82(87)99-78(72-93-80(85)66-61-56-51-46-43-40-37-28-25-22-19-16-13-10-7-2)74-97-101(89,90)95-70-77(84)71-96-102(91,92)98-75-79(73-94-81(86)67-62-57-54-49-50-55-60-65-76(4)5)100-83(88)68-63-58-52-47-44-41-38-29-26-23-20-17-14-11-8-3/h22,25,28,37,76-79,84H,6-21,23-24,26-27,29-36,38-75H2,1-5H3,(H,89,90)(H,91,92)/b25-22-,37-28-/t77-,78-,79-/m1/s1. The number of phosphoric acid groups is 2. The van der Waals surface area contributed by atoms with Crippen LogP contribution in [-0.4, -0.2) is 96.7 Å². The SMILES string of the molecule is CCCCCC/C=C\C=C/CCCCCCCC(=O)OC[C@H](COP(=O)(O)OC[C@@H](O)COP(=O)(O)OC[C@@H](COC(=O)CCCCCCCCCC(C)C)OC(=O)CCCCCCCCCCCCCCCCC)OC(=O)CCCCCCCCCCCCCCCCCCCCCCCC. The lowest BCUT2D eigenvalue weighted by atomic mass is 10.0. The van der Waals surface area contributed by atoms with Crippen molar-refractivity contribution >= 4 is 39.5 Å². The van der Waals surface area contributed by atoms with E-state index in [1.807, 2.05) is 0 Å². The zero-order chi connectivity index (χ0) is 74.8. The molecule has 0 aliphatic carbocycles. The Morgan fingerprint density at radius 1 is 0.304 bits per heavy atom. The van der Waals surface area contributed by atoms with Crippen molar-refractivity contribution in [2.45, 2.75) is 438 Å². The van der Waals surface area contributed by atoms with E-state index in [1.165, 1.54) is 218 Å². The van der Waals surface area contributed by atoms with Crippen LogP contribution in [-0.2, 0) is 65.4 Å². The van der Waals surface area contributed by atoms with Crippen molar-refractivity contribution in [3.8, 4) is 0 Å². The van der Waals surface area contributed by atoms with Crippen LogP contribution >= 0.6 is 15.6 Å². The highest BCUT2D eigenvalue weighted by molar-refractivity contribution is 7.47. The van der Waals surface area contributed by atoms with E-state index < -0.39 is 97.5 Å². The van der Waals surface area contributed by atoms with Gasteiger partial charge < -0.3 is 33.8 Å². The number of ether oxygens (including phenoxy) is 4. The molecule has 0 aliphatic rings. The molecule has 0 radical (unpaired) electrons. The van der Waals surface area contributed by atoms with Gasteiger partial charge in [0.1, 0.15) is 19.3 Å². The third-order valence-electron chi connectivity index (χ3n) is 18.9. The molecule has 0 aliphatic heterocycles. The summed E-state index contributed by atoms with van der Waals surface area (Å²) in [5, 5.41) is 10.6. The van der Waals surface area contributed by atoms with Crippen LogP contribution in [0.3, 0.4) is 0 Å². The number of rotatable bonds is 81. The number of esters is 4. The number of hydrogen-bond donors (Lipinski definition) is 3. The summed E-state index contributed by atoms with van der Waals surface area (Å²) in [6.45, 7) is 7.22. The predicted molar refractivity (Wildman–Crippen MR) is 418 cm³/mol. The molecule has 0 fully saturated rings. The van der Waals surface area contributed by atoms with Gasteiger partial charge in [-0.05, 0) is 57.3 Å². The molecule has 0 aromatic carbocycles. The van der Waals surface area contributed by atoms with Crippen molar-refractivity contribution in [2.24, 2.45) is 5.92 Å². The van der Waals surface area contributed by atoms with Crippen LogP contribution in [0.2, 0.25) is 0 Å². The molecule has 102 heavy (non-hydrogen) atoms. The molecule has 0 amide bonds. The van der Waals surface area contributed by atoms with Crippen LogP contribution < -0.4 is 0 Å². The van der Waals surface area contributed by atoms with E-state index in [1.54, 1.807) is 0 Å². The van der Waals surface area contributed by atoms with Gasteiger partial charge in [0.15, 0.2) is 12.2 Å². The minimum atomic E-state index is -4.97. The van der Waals surface area contributed by atoms with Gasteiger partial charge in [0.25, 0.3) is 0 Å². The van der Waals surface area contributed by atoms with Gasteiger partial charge in [0.2, 0.25) is 0 Å². The van der Waals surface area contributed by atoms with Crippen LogP contribution in [0.15, 0.2) is 24.3 Å². The van der Waals surface area contributed by atoms with Crippen LogP contribution in [0.4, 0.5) is 0 Å². The lowest BCUT2D eigenvalue weighted by Gasteiger charge is -2.21. The van der Waals surface area contributed by atoms with Crippen LogP contribution in [0, 0.1) is 5.92 Å². The summed E-state index contributed by atoms with van der Waals surface area (Å²) in [5.41, 5.74) is 0. The summed E-state index contributed by atoms with van der Waals surface area (Å²) < 4.78 is 68.7. The van der Waals surface area contributed by atoms with Crippen LogP contribution in [0.1, 0.15) is 420 Å². The van der Waals surface area contributed by atoms with Crippen molar-refractivity contribution in [3.63, 3.8) is 0 Å². The van der Waals surface area contributed by atoms with Gasteiger partial charge in [-0.25, -0.2) is 9.13 Å². The molecule has 2 unspecified atom stereocenters. The lowest BCUT2D eigenvalue weighted by molar-refractivity contribution is -0.161. The Kier molecular flexibility index (Phi) is 73.5. The van der Waals surface area contributed by atoms with Gasteiger partial charge in [0.05, 0.1) is 26.4 Å². The number of aliphatic hydroxyl groups excluding tert-OH is 1. The summed E-state index contributed by atoms with van der Waals surface area (Å²) in [7, 11) is -9.93. The van der Waals surface area contributed by atoms with Crippen molar-refractivity contribution in [1.29, 1.82) is 0 Å². The smallest absolute Gasteiger partial charge is 0.462 e. The Bertz CT molecular complexity index is 2040. The van der Waals surface area contributed by atoms with E-state index >= 15 is 0 Å². The zero-order valence-corrected chi connectivity index (χ0v) is 68.0. The average molecular weight is 1490 g/mol. The number of hydrogen-bond acceptors (Lipinski definition) is 15. The molecule has 0 bridgehead atoms. The van der Waals surface area contributed by atoms with Gasteiger partial charge in [-0.2, -0.15) is 0 Å². The van der Waals surface area contributed by atoms with Crippen LogP contribution in [0.5, 0.6) is 0 Å². The average Bonchev–Trinajstić information content (AvgIpc) is 0.924. The summed E-state index contributed by atoms with van der Waals surface area (Å²) >= 11 is 0. The molecule has 0 aromatic heterocycles. The number of aliphatic hydroxyl groups is 1. The second kappa shape index (κ2) is 75.4. The monoisotopic (exact) mass is 1490 g/mol. The molecule has 0 saturated heterocycles. The van der Waals surface area contributed by atoms with Gasteiger partial charge in [-0.3, -0.25) is 37.3 Å². The lowest BCUT2D eigenvalue weighted by Crippen LogP contribution is -2.30. The summed E-state index contributed by atoms with van der Waals surface area (Å²) in [6.07, 6.45) is 70.4. The fourth-order valence-corrected chi connectivity index (χ4v) is 14.0. The Hall–Kier alpha value is -2.46. The normalized spacial score (nSPS) is 14.0. The molecule has 0 rings (SSSR count). The van der Waals surface area contributed by atoms with Gasteiger partial charge in [-0.15, -0.1) is 0 Å². The third-order valence-corrected chi connectivity index (χ3v) is 20.8. The maximum atomic E-state index is 13.1. The first-order valence-corrected chi connectivity index (χ1v) is 45.4. The third kappa shape index (κ3) is 75.8. The predicted octanol–water partition coefficient (Wildman–Crippen LogP) is 24.8. The van der Waals surface area contributed by atoms with E-state index in [4.69, 9.17) is 37.0 Å². The molecule has 0 saturated carbocycles. The molecule has 5 atom stereocenters. The topological polar surface area (TPSA) is 237 Å². The molecule has 17 nitrogen and oxygen atoms in total. The number of carbonyl (C=O) groups excluding carboxylic acids is 4. The van der Waals surface area contributed by atoms with Gasteiger partial charge in [0, 0.05) is 25.7 Å². The van der Waals surface area contributed by atoms with E-state index in [2.05, 4.69) is 58.9 Å². The number of unbranched alkanes of at least 4 members (excludes halogenated alkanes) is 50. The molecule has 19 heteroatoms. The highest BCUT2D eigenvalue weighted by atomic mass is 31.2. The number of carbonyl (C=O) groups is 4. The molecular formula is C83H158O17P2. The second-order valence-corrected chi connectivity index (χ2v) is 32.6. The highest BCUT2D eigenvalue weighted by Crippen LogP contribution is 2.45. The first-order chi connectivity index (χ1) is 49.5. The van der Waals surface area contributed by atoms with E-state index in [0.717, 1.165) is 116 Å². The molecule has 602 valence electrons. The minimum Gasteiger partial charge on any atom is -0.462 e. The Balaban J connectivity index is 5.24. The zero-order valence-electron chi connectivity index (χ0n) is 66.2. The molecule has 3 N–H and O–H groups in total. The molecule has 0 aromatic rings. The molecule has 0 spiro atoms. The summed E-state index contributed by atoms with van der Waals surface area (Å²) in [5.74, 6) is -1.43. The van der Waals surface area contributed by atoms with E-state index in [0.29, 0.717) is 31.6 Å². The first-order valence-electron chi connectivity index (χ1n) is 42.5. The summed E-state index contributed by atoms with van der Waals surface area (Å²) in [6, 6.07) is 0.